The number of halogens is 2. The van der Waals surface area contributed by atoms with Crippen molar-refractivity contribution in [3.05, 3.63) is 58.9 Å². The zero-order chi connectivity index (χ0) is 21.7. The van der Waals surface area contributed by atoms with Crippen molar-refractivity contribution in [3.63, 3.8) is 0 Å². The smallest absolute Gasteiger partial charge is 0.323 e. The lowest BCUT2D eigenvalue weighted by atomic mass is 9.66. The van der Waals surface area contributed by atoms with Crippen molar-refractivity contribution in [3.8, 4) is 11.1 Å². The topological polar surface area (TPSA) is 75.4 Å². The predicted octanol–water partition coefficient (Wildman–Crippen LogP) is 4.55. The molecule has 2 aromatic rings. The van der Waals surface area contributed by atoms with Gasteiger partial charge in [-0.05, 0) is 54.5 Å². The van der Waals surface area contributed by atoms with Crippen LogP contribution in [0.25, 0.3) is 11.1 Å². The number of rotatable bonds is 10. The van der Waals surface area contributed by atoms with E-state index in [-0.39, 0.29) is 17.8 Å². The summed E-state index contributed by atoms with van der Waals surface area (Å²) in [7, 11) is 5.50. The Kier molecular flexibility index (Phi) is 7.56. The highest BCUT2D eigenvalue weighted by Gasteiger charge is 2.47. The second-order valence-electron chi connectivity index (χ2n) is 8.16. The van der Waals surface area contributed by atoms with Gasteiger partial charge in [0.1, 0.15) is 11.4 Å². The van der Waals surface area contributed by atoms with Crippen molar-refractivity contribution in [1.29, 1.82) is 0 Å². The van der Waals surface area contributed by atoms with Crippen LogP contribution in [0.15, 0.2) is 42.5 Å². The summed E-state index contributed by atoms with van der Waals surface area (Å²) in [6.07, 6.45) is 3.88. The summed E-state index contributed by atoms with van der Waals surface area (Å²) < 4.78 is 14.6. The first-order valence-corrected chi connectivity index (χ1v) is 10.7. The second-order valence-corrected chi connectivity index (χ2v) is 8.59. The number of benzene rings is 2. The highest BCUT2D eigenvalue weighted by atomic mass is 35.5. The van der Waals surface area contributed by atoms with Gasteiger partial charge in [-0.25, -0.2) is 4.39 Å². The lowest BCUT2D eigenvalue weighted by Gasteiger charge is -2.45. The number of carboxylic acid groups (broad SMARTS) is 1. The third kappa shape index (κ3) is 5.23. The van der Waals surface area contributed by atoms with Crippen molar-refractivity contribution >= 4 is 25.4 Å². The van der Waals surface area contributed by atoms with E-state index in [0.29, 0.717) is 49.1 Å². The van der Waals surface area contributed by atoms with Crippen molar-refractivity contribution < 1.29 is 14.3 Å². The highest BCUT2D eigenvalue weighted by molar-refractivity contribution is 6.30. The molecule has 7 heteroatoms. The fraction of sp³-hybridized carbons (Fsp3) is 0.435. The first kappa shape index (κ1) is 22.8. The fourth-order valence-electron chi connectivity index (χ4n) is 4.05. The molecule has 0 spiro atoms. The van der Waals surface area contributed by atoms with Gasteiger partial charge in [-0.1, -0.05) is 55.0 Å². The molecule has 0 heterocycles. The van der Waals surface area contributed by atoms with Gasteiger partial charge in [-0.2, -0.15) is 0 Å². The summed E-state index contributed by atoms with van der Waals surface area (Å²) in [5, 5.41) is 13.6. The normalized spacial score (nSPS) is 20.4. The Labute approximate surface area is 183 Å². The Morgan fingerprint density at radius 1 is 1.23 bits per heavy atom. The van der Waals surface area contributed by atoms with E-state index in [2.05, 4.69) is 5.32 Å². The van der Waals surface area contributed by atoms with E-state index in [9.17, 15) is 14.3 Å². The van der Waals surface area contributed by atoms with Gasteiger partial charge in [0.15, 0.2) is 0 Å². The summed E-state index contributed by atoms with van der Waals surface area (Å²) in [6.45, 7) is 0.521. The number of nitrogens with one attached hydrogen (secondary N) is 1. The molecular formula is C23H27BClFN2O2. The second kappa shape index (κ2) is 9.95. The number of carboxylic acids is 1. The molecule has 1 saturated carbocycles. The van der Waals surface area contributed by atoms with Crippen LogP contribution < -0.4 is 11.1 Å². The molecule has 0 saturated heterocycles. The Bertz CT molecular complexity index is 874. The van der Waals surface area contributed by atoms with Gasteiger partial charge in [-0.3, -0.25) is 4.79 Å². The van der Waals surface area contributed by atoms with E-state index >= 15 is 0 Å². The zero-order valence-electron chi connectivity index (χ0n) is 16.9. The summed E-state index contributed by atoms with van der Waals surface area (Å²) in [5.74, 6) is -1.29. The number of unbranched alkanes of at least 4 members (excludes halogenated alkanes) is 1. The number of hydrogen-bond acceptors (Lipinski definition) is 3. The number of aliphatic carboxylic acids is 1. The van der Waals surface area contributed by atoms with Gasteiger partial charge in [0.2, 0.25) is 0 Å². The minimum absolute atomic E-state index is 0.0608. The van der Waals surface area contributed by atoms with E-state index in [1.54, 1.807) is 30.3 Å². The lowest BCUT2D eigenvalue weighted by molar-refractivity contribution is -0.148. The first-order chi connectivity index (χ1) is 14.3. The van der Waals surface area contributed by atoms with Crippen molar-refractivity contribution in [2.75, 3.05) is 0 Å². The molecule has 1 aliphatic rings. The summed E-state index contributed by atoms with van der Waals surface area (Å²) in [6, 6.07) is 12.5. The predicted molar refractivity (Wildman–Crippen MR) is 119 cm³/mol. The standard InChI is InChI=1S/C23H27BClFN2O2/c24-10-2-1-9-23(27,22(29)30)17-12-19(13-17)28-14-15-3-8-20(21(26)11-15)16-4-6-18(25)7-5-16/h3-8,11,17,19,28H,1-2,9-10,12-14,27H2,(H,29,30). The van der Waals surface area contributed by atoms with Gasteiger partial charge in [0, 0.05) is 23.2 Å². The van der Waals surface area contributed by atoms with E-state index in [0.717, 1.165) is 17.5 Å². The SMILES string of the molecule is [B]CCCCC(N)(C(=O)O)C1CC(NCc2ccc(-c3ccc(Cl)cc3)c(F)c2)C1. The Hall–Kier alpha value is -1.89. The Morgan fingerprint density at radius 3 is 2.53 bits per heavy atom. The number of nitrogens with two attached hydrogens (primary N) is 1. The maximum atomic E-state index is 14.6. The van der Waals surface area contributed by atoms with E-state index in [1.807, 2.05) is 6.07 Å². The maximum Gasteiger partial charge on any atom is 0.323 e. The summed E-state index contributed by atoms with van der Waals surface area (Å²) >= 11 is 5.89. The number of hydrogen-bond donors (Lipinski definition) is 3. The lowest BCUT2D eigenvalue weighted by Crippen LogP contribution is -2.60. The molecule has 1 unspecified atom stereocenters. The molecule has 2 aromatic carbocycles. The largest absolute Gasteiger partial charge is 0.480 e. The molecule has 0 bridgehead atoms. The van der Waals surface area contributed by atoms with Gasteiger partial charge in [-0.15, -0.1) is 0 Å². The maximum absolute atomic E-state index is 14.6. The number of carbonyl (C=O) groups is 1. The molecule has 4 nitrogen and oxygen atoms in total. The zero-order valence-corrected chi connectivity index (χ0v) is 17.7. The molecule has 3 rings (SSSR count). The fourth-order valence-corrected chi connectivity index (χ4v) is 4.17. The van der Waals surface area contributed by atoms with Gasteiger partial charge in [0.25, 0.3) is 0 Å². The van der Waals surface area contributed by atoms with Gasteiger partial charge < -0.3 is 16.2 Å². The van der Waals surface area contributed by atoms with Crippen LogP contribution in [0.4, 0.5) is 4.39 Å². The molecule has 1 fully saturated rings. The Morgan fingerprint density at radius 2 is 1.93 bits per heavy atom. The Balaban J connectivity index is 1.53. The average molecular weight is 429 g/mol. The third-order valence-electron chi connectivity index (χ3n) is 6.09. The summed E-state index contributed by atoms with van der Waals surface area (Å²) in [5.41, 5.74) is 7.19. The van der Waals surface area contributed by atoms with Crippen molar-refractivity contribution in [2.24, 2.45) is 11.7 Å². The van der Waals surface area contributed by atoms with Crippen LogP contribution in [0.5, 0.6) is 0 Å². The van der Waals surface area contributed by atoms with Crippen LogP contribution in [0.1, 0.15) is 37.7 Å². The first-order valence-electron chi connectivity index (χ1n) is 10.3. The van der Waals surface area contributed by atoms with Crippen LogP contribution in [0, 0.1) is 11.7 Å². The molecular weight excluding hydrogens is 402 g/mol. The van der Waals surface area contributed by atoms with E-state index in [1.165, 1.54) is 6.07 Å². The molecule has 0 aliphatic heterocycles. The van der Waals surface area contributed by atoms with Crippen molar-refractivity contribution in [1.82, 2.24) is 5.32 Å². The minimum atomic E-state index is -1.19. The van der Waals surface area contributed by atoms with Crippen LogP contribution in [-0.4, -0.2) is 30.5 Å². The van der Waals surface area contributed by atoms with Crippen LogP contribution in [-0.2, 0) is 11.3 Å². The minimum Gasteiger partial charge on any atom is -0.480 e. The molecule has 4 N–H and O–H groups in total. The van der Waals surface area contributed by atoms with Crippen LogP contribution in [0.2, 0.25) is 11.3 Å². The molecule has 1 aliphatic carbocycles. The van der Waals surface area contributed by atoms with E-state index in [4.69, 9.17) is 25.2 Å². The molecule has 0 aromatic heterocycles. The molecule has 30 heavy (non-hydrogen) atoms. The highest BCUT2D eigenvalue weighted by Crippen LogP contribution is 2.38. The molecule has 1 atom stereocenters. The molecule has 0 amide bonds. The third-order valence-corrected chi connectivity index (χ3v) is 6.34. The van der Waals surface area contributed by atoms with Crippen LogP contribution >= 0.6 is 11.6 Å². The monoisotopic (exact) mass is 428 g/mol. The van der Waals surface area contributed by atoms with Gasteiger partial charge >= 0.3 is 5.97 Å². The molecule has 158 valence electrons. The quantitative estimate of drug-likeness (QED) is 0.383. The van der Waals surface area contributed by atoms with Crippen LogP contribution in [0.3, 0.4) is 0 Å². The summed E-state index contributed by atoms with van der Waals surface area (Å²) in [4.78, 5) is 11.7. The molecule has 2 radical (unpaired) electrons. The van der Waals surface area contributed by atoms with Gasteiger partial charge in [0.05, 0.1) is 7.85 Å². The average Bonchev–Trinajstić information content (AvgIpc) is 2.68. The van der Waals surface area contributed by atoms with Crippen molar-refractivity contribution in [2.45, 2.75) is 56.5 Å². The van der Waals surface area contributed by atoms with E-state index < -0.39 is 11.5 Å².